The molecule has 5 unspecified atom stereocenters. The predicted octanol–water partition coefficient (Wildman–Crippen LogP) is 6.47. The Balaban J connectivity index is 1.57. The highest BCUT2D eigenvalue weighted by atomic mass is 19.1. The van der Waals surface area contributed by atoms with Crippen LogP contribution in [-0.4, -0.2) is 37.7 Å². The zero-order valence-electron chi connectivity index (χ0n) is 22.7. The molecule has 0 saturated carbocycles. The predicted molar refractivity (Wildman–Crippen MR) is 150 cm³/mol. The summed E-state index contributed by atoms with van der Waals surface area (Å²) in [7, 11) is 1.60. The fraction of sp³-hybridized carbons (Fsp3) is 0.438. The number of hydrogen-bond acceptors (Lipinski definition) is 5. The van der Waals surface area contributed by atoms with Crippen molar-refractivity contribution in [2.45, 2.75) is 57.7 Å². The van der Waals surface area contributed by atoms with Crippen LogP contribution in [0.15, 0.2) is 72.6 Å². The van der Waals surface area contributed by atoms with E-state index in [4.69, 9.17) is 14.2 Å². The number of aliphatic hydroxyl groups is 1. The van der Waals surface area contributed by atoms with Gasteiger partial charge in [-0.2, -0.15) is 0 Å². The second-order valence-corrected chi connectivity index (χ2v) is 10.1. The highest BCUT2D eigenvalue weighted by Crippen LogP contribution is 2.37. The Labute approximate surface area is 226 Å². The summed E-state index contributed by atoms with van der Waals surface area (Å²) in [6.45, 7) is 8.32. The Morgan fingerprint density at radius 1 is 1.21 bits per heavy atom. The van der Waals surface area contributed by atoms with Crippen molar-refractivity contribution in [2.75, 3.05) is 20.5 Å². The number of hydrogen-bond donors (Lipinski definition) is 2. The molecule has 2 N–H and O–H groups in total. The van der Waals surface area contributed by atoms with Gasteiger partial charge in [-0.25, -0.2) is 4.39 Å². The molecule has 6 heteroatoms. The van der Waals surface area contributed by atoms with Crippen LogP contribution in [0.5, 0.6) is 5.75 Å². The van der Waals surface area contributed by atoms with Crippen LogP contribution in [0.3, 0.4) is 0 Å². The van der Waals surface area contributed by atoms with Crippen molar-refractivity contribution in [1.82, 2.24) is 5.32 Å². The molecule has 1 aromatic carbocycles. The van der Waals surface area contributed by atoms with Gasteiger partial charge in [-0.05, 0) is 61.4 Å². The van der Waals surface area contributed by atoms with Gasteiger partial charge in [-0.3, -0.25) is 0 Å². The van der Waals surface area contributed by atoms with Gasteiger partial charge in [0.25, 0.3) is 0 Å². The Hall–Kier alpha value is -2.93. The van der Waals surface area contributed by atoms with E-state index in [0.717, 1.165) is 25.0 Å². The summed E-state index contributed by atoms with van der Waals surface area (Å²) >= 11 is 0. The highest BCUT2D eigenvalue weighted by Gasteiger charge is 2.36. The quantitative estimate of drug-likeness (QED) is 0.327. The first kappa shape index (κ1) is 28.1. The van der Waals surface area contributed by atoms with Gasteiger partial charge in [-0.1, -0.05) is 67.7 Å². The molecule has 0 bridgehead atoms. The number of allylic oxidation sites excluding steroid dienone is 6. The van der Waals surface area contributed by atoms with Crippen LogP contribution in [-0.2, 0) is 9.47 Å². The molecule has 5 nitrogen and oxygen atoms in total. The van der Waals surface area contributed by atoms with E-state index in [1.165, 1.54) is 5.57 Å². The van der Waals surface area contributed by atoms with Crippen LogP contribution >= 0.6 is 0 Å². The van der Waals surface area contributed by atoms with Crippen molar-refractivity contribution in [2.24, 2.45) is 11.8 Å². The van der Waals surface area contributed by atoms with E-state index < -0.39 is 11.9 Å². The average Bonchev–Trinajstić information content (AvgIpc) is 2.96. The minimum absolute atomic E-state index is 0.136. The van der Waals surface area contributed by atoms with Crippen LogP contribution in [0.1, 0.15) is 55.4 Å². The lowest BCUT2D eigenvalue weighted by Gasteiger charge is -2.38. The lowest BCUT2D eigenvalue weighted by atomic mass is 9.83. The first-order chi connectivity index (χ1) is 18.5. The third-order valence-corrected chi connectivity index (χ3v) is 7.59. The van der Waals surface area contributed by atoms with Crippen molar-refractivity contribution < 1.29 is 23.7 Å². The Kier molecular flexibility index (Phi) is 9.78. The van der Waals surface area contributed by atoms with Crippen LogP contribution in [0.2, 0.25) is 0 Å². The maximum atomic E-state index is 15.5. The van der Waals surface area contributed by atoms with Gasteiger partial charge in [0.1, 0.15) is 5.76 Å². The third kappa shape index (κ3) is 6.37. The van der Waals surface area contributed by atoms with Crippen LogP contribution in [0.4, 0.5) is 4.39 Å². The van der Waals surface area contributed by atoms with Crippen LogP contribution in [0.25, 0.3) is 6.08 Å². The minimum Gasteiger partial charge on any atom is -0.490 e. The summed E-state index contributed by atoms with van der Waals surface area (Å²) < 4.78 is 32.5. The summed E-state index contributed by atoms with van der Waals surface area (Å²) in [6, 6.07) is 1.19. The molecular weight excluding hydrogens is 481 g/mol. The lowest BCUT2D eigenvalue weighted by Crippen LogP contribution is -2.49. The number of halogens is 1. The molecule has 1 aliphatic heterocycles. The SMILES string of the molecule is C=Cc1cc(OCC2C=CC=CC2)c(F)c(C)c1C(O)C1CC=C(OCOC)C(C2C=C(CC)C=CC2)N1. The monoisotopic (exact) mass is 521 g/mol. The van der Waals surface area contributed by atoms with Crippen molar-refractivity contribution >= 4 is 6.08 Å². The Bertz CT molecular complexity index is 1150. The summed E-state index contributed by atoms with van der Waals surface area (Å²) in [4.78, 5) is 0. The van der Waals surface area contributed by atoms with E-state index in [1.54, 1.807) is 26.2 Å². The first-order valence-electron chi connectivity index (χ1n) is 13.5. The van der Waals surface area contributed by atoms with Gasteiger partial charge >= 0.3 is 0 Å². The molecule has 5 atom stereocenters. The first-order valence-corrected chi connectivity index (χ1v) is 13.5. The number of ether oxygens (including phenoxy) is 3. The molecule has 4 rings (SSSR count). The Morgan fingerprint density at radius 3 is 2.76 bits per heavy atom. The topological polar surface area (TPSA) is 60.0 Å². The normalized spacial score (nSPS) is 25.5. The van der Waals surface area contributed by atoms with Gasteiger partial charge in [0.05, 0.1) is 18.8 Å². The molecule has 0 saturated heterocycles. The molecule has 3 aliphatic rings. The summed E-state index contributed by atoms with van der Waals surface area (Å²) in [5, 5.41) is 15.2. The van der Waals surface area contributed by atoms with E-state index in [-0.39, 0.29) is 36.5 Å². The van der Waals surface area contributed by atoms with Crippen molar-refractivity contribution in [3.63, 3.8) is 0 Å². The van der Waals surface area contributed by atoms with Crippen molar-refractivity contribution in [3.8, 4) is 5.75 Å². The van der Waals surface area contributed by atoms with Gasteiger partial charge in [-0.15, -0.1) is 0 Å². The molecule has 0 aromatic heterocycles. The van der Waals surface area contributed by atoms with Gasteiger partial charge in [0.2, 0.25) is 0 Å². The van der Waals surface area contributed by atoms with Gasteiger partial charge in [0.15, 0.2) is 18.4 Å². The molecule has 2 aliphatic carbocycles. The van der Waals surface area contributed by atoms with Crippen LogP contribution in [0, 0.1) is 24.6 Å². The molecule has 0 amide bonds. The molecular formula is C32H40FNO4. The van der Waals surface area contributed by atoms with E-state index in [9.17, 15) is 5.11 Å². The van der Waals surface area contributed by atoms with Crippen molar-refractivity contribution in [1.29, 1.82) is 0 Å². The number of aliphatic hydroxyl groups excluding tert-OH is 1. The van der Waals surface area contributed by atoms with Crippen LogP contribution < -0.4 is 10.1 Å². The minimum atomic E-state index is -0.950. The molecule has 204 valence electrons. The number of rotatable bonds is 11. The van der Waals surface area contributed by atoms with E-state index in [2.05, 4.69) is 49.2 Å². The second kappa shape index (κ2) is 13.2. The van der Waals surface area contributed by atoms with E-state index >= 15 is 4.39 Å². The molecule has 38 heavy (non-hydrogen) atoms. The number of benzene rings is 1. The number of methoxy groups -OCH3 is 1. The zero-order chi connectivity index (χ0) is 27.1. The van der Waals surface area contributed by atoms with Gasteiger partial charge in [0, 0.05) is 25.0 Å². The molecule has 1 heterocycles. The molecule has 1 aromatic rings. The maximum Gasteiger partial charge on any atom is 0.188 e. The largest absolute Gasteiger partial charge is 0.490 e. The highest BCUT2D eigenvalue weighted by molar-refractivity contribution is 5.59. The fourth-order valence-electron chi connectivity index (χ4n) is 5.45. The second-order valence-electron chi connectivity index (χ2n) is 10.1. The molecule has 0 radical (unpaired) electrons. The third-order valence-electron chi connectivity index (χ3n) is 7.59. The lowest BCUT2D eigenvalue weighted by molar-refractivity contribution is -0.0105. The van der Waals surface area contributed by atoms with E-state index in [1.807, 2.05) is 18.2 Å². The summed E-state index contributed by atoms with van der Waals surface area (Å²) in [5.41, 5.74) is 2.85. The summed E-state index contributed by atoms with van der Waals surface area (Å²) in [5.74, 6) is 0.930. The van der Waals surface area contributed by atoms with Gasteiger partial charge < -0.3 is 24.6 Å². The maximum absolute atomic E-state index is 15.5. The number of nitrogens with one attached hydrogen (secondary N) is 1. The summed E-state index contributed by atoms with van der Waals surface area (Å²) in [6.07, 6.45) is 20.7. The van der Waals surface area contributed by atoms with E-state index in [0.29, 0.717) is 29.7 Å². The Morgan fingerprint density at radius 2 is 2.05 bits per heavy atom. The molecule has 0 fully saturated rings. The van der Waals surface area contributed by atoms with Crippen molar-refractivity contribution in [3.05, 3.63) is 95.1 Å². The fourth-order valence-corrected chi connectivity index (χ4v) is 5.45. The average molecular weight is 522 g/mol. The smallest absolute Gasteiger partial charge is 0.188 e. The standard InChI is InChI=1S/C32H40FNO4/c1-5-22-13-10-14-25(17-22)31-27(38-20-36-4)16-15-26(34-31)32(35)29-21(3)30(33)28(18-24(29)6-2)37-19-23-11-8-7-9-12-23/h6-11,13,16-18,23,25-26,31-32,34-35H,2,5,12,14-15,19-20H2,1,3-4H3. The molecule has 0 spiro atoms. The zero-order valence-corrected chi connectivity index (χ0v) is 22.7.